The van der Waals surface area contributed by atoms with E-state index in [2.05, 4.69) is 39.8 Å². The number of piperidine rings is 2. The Kier molecular flexibility index (Phi) is 14.5. The Hall–Kier alpha value is -1.97. The highest BCUT2D eigenvalue weighted by Crippen LogP contribution is 2.27. The van der Waals surface area contributed by atoms with Crippen LogP contribution in [0.1, 0.15) is 90.5 Å². The maximum absolute atomic E-state index is 13.6. The lowest BCUT2D eigenvalue weighted by Crippen LogP contribution is -2.58. The lowest BCUT2D eigenvalue weighted by atomic mass is 9.91. The SMILES string of the molecule is CC(C)(C)OC(=O)N1CCCCC1C(=O)N[C@@H](CSCC1CCCCC1)C(=O)NC1CCN(Cc2ccccc2)CC1.Cl. The minimum Gasteiger partial charge on any atom is -0.444 e. The smallest absolute Gasteiger partial charge is 0.410 e. The van der Waals surface area contributed by atoms with E-state index in [1.165, 1.54) is 37.7 Å². The first kappa shape index (κ1) is 35.5. The molecule has 1 unspecified atom stereocenters. The summed E-state index contributed by atoms with van der Waals surface area (Å²) in [5.74, 6) is 1.89. The number of carbonyl (C=O) groups excluding carboxylic acids is 3. The van der Waals surface area contributed by atoms with Gasteiger partial charge in [0.05, 0.1) is 0 Å². The van der Waals surface area contributed by atoms with Crippen molar-refractivity contribution < 1.29 is 19.1 Å². The van der Waals surface area contributed by atoms with Gasteiger partial charge in [0.25, 0.3) is 0 Å². The summed E-state index contributed by atoms with van der Waals surface area (Å²) < 4.78 is 5.61. The largest absolute Gasteiger partial charge is 0.444 e. The van der Waals surface area contributed by atoms with Crippen LogP contribution in [0.3, 0.4) is 0 Å². The predicted molar refractivity (Wildman–Crippen MR) is 177 cm³/mol. The fourth-order valence-electron chi connectivity index (χ4n) is 6.28. The maximum Gasteiger partial charge on any atom is 0.410 e. The van der Waals surface area contributed by atoms with E-state index < -0.39 is 23.8 Å². The van der Waals surface area contributed by atoms with E-state index >= 15 is 0 Å². The lowest BCUT2D eigenvalue weighted by molar-refractivity contribution is -0.132. The molecule has 2 saturated heterocycles. The quantitative estimate of drug-likeness (QED) is 0.339. The lowest BCUT2D eigenvalue weighted by Gasteiger charge is -2.36. The van der Waals surface area contributed by atoms with Gasteiger partial charge < -0.3 is 15.4 Å². The Morgan fingerprint density at radius 1 is 0.930 bits per heavy atom. The zero-order chi connectivity index (χ0) is 30.0. The Morgan fingerprint density at radius 3 is 2.28 bits per heavy atom. The molecule has 3 aliphatic rings. The molecule has 4 rings (SSSR count). The van der Waals surface area contributed by atoms with Crippen molar-refractivity contribution in [1.82, 2.24) is 20.4 Å². The number of halogens is 1. The molecule has 8 nitrogen and oxygen atoms in total. The Bertz CT molecular complexity index is 1010. The summed E-state index contributed by atoms with van der Waals surface area (Å²) in [5, 5.41) is 6.34. The van der Waals surface area contributed by atoms with Crippen LogP contribution in [-0.4, -0.2) is 82.6 Å². The molecule has 2 N–H and O–H groups in total. The molecule has 242 valence electrons. The molecule has 2 aliphatic heterocycles. The number of hydrogen-bond donors (Lipinski definition) is 2. The number of thioether (sulfide) groups is 1. The number of nitrogens with one attached hydrogen (secondary N) is 2. The van der Waals surface area contributed by atoms with Gasteiger partial charge in [0.2, 0.25) is 11.8 Å². The number of nitrogens with zero attached hydrogens (tertiary/aromatic N) is 2. The van der Waals surface area contributed by atoms with Crippen LogP contribution in [0.15, 0.2) is 30.3 Å². The van der Waals surface area contributed by atoms with Gasteiger partial charge in [0.15, 0.2) is 0 Å². The molecule has 0 radical (unpaired) electrons. The Morgan fingerprint density at radius 2 is 1.60 bits per heavy atom. The standard InChI is InChI=1S/C33H52N4O4S.ClH/c1-33(2,3)41-32(40)37-19-11-10-16-29(37)31(39)35-28(24-42-23-26-14-8-5-9-15-26)30(38)34-27-17-20-36(21-18-27)22-25-12-6-4-7-13-25;/h4,6-7,12-13,26-29H,5,8-11,14-24H2,1-3H3,(H,34,38)(H,35,39);1H/t28-,29?;/m0./s1. The number of carbonyl (C=O) groups is 3. The van der Waals surface area contributed by atoms with Crippen molar-refractivity contribution in [1.29, 1.82) is 0 Å². The van der Waals surface area contributed by atoms with Gasteiger partial charge >= 0.3 is 6.09 Å². The first-order chi connectivity index (χ1) is 20.2. The van der Waals surface area contributed by atoms with E-state index in [4.69, 9.17) is 4.74 Å². The van der Waals surface area contributed by atoms with E-state index in [1.807, 2.05) is 26.8 Å². The molecule has 2 atom stereocenters. The second-order valence-electron chi connectivity index (χ2n) is 13.3. The maximum atomic E-state index is 13.6. The van der Waals surface area contributed by atoms with Crippen LogP contribution in [0.2, 0.25) is 0 Å². The van der Waals surface area contributed by atoms with E-state index in [-0.39, 0.29) is 30.3 Å². The normalized spacial score (nSPS) is 21.4. The number of ether oxygens (including phenoxy) is 1. The summed E-state index contributed by atoms with van der Waals surface area (Å²) in [6, 6.07) is 9.35. The van der Waals surface area contributed by atoms with Crippen LogP contribution in [0.4, 0.5) is 4.79 Å². The highest BCUT2D eigenvalue weighted by atomic mass is 35.5. The van der Waals surface area contributed by atoms with Crippen LogP contribution in [0.5, 0.6) is 0 Å². The molecule has 43 heavy (non-hydrogen) atoms. The fourth-order valence-corrected chi connectivity index (χ4v) is 7.55. The zero-order valence-electron chi connectivity index (χ0n) is 26.4. The zero-order valence-corrected chi connectivity index (χ0v) is 28.0. The molecule has 1 saturated carbocycles. The minimum absolute atomic E-state index is 0. The molecule has 10 heteroatoms. The third-order valence-corrected chi connectivity index (χ3v) is 9.89. The molecule has 1 aromatic carbocycles. The van der Waals surface area contributed by atoms with Gasteiger partial charge in [-0.15, -0.1) is 12.4 Å². The second-order valence-corrected chi connectivity index (χ2v) is 14.4. The summed E-state index contributed by atoms with van der Waals surface area (Å²) in [4.78, 5) is 44.2. The summed E-state index contributed by atoms with van der Waals surface area (Å²) in [6.07, 6.45) is 10.0. The van der Waals surface area contributed by atoms with Crippen LogP contribution < -0.4 is 10.6 Å². The van der Waals surface area contributed by atoms with Gasteiger partial charge in [0.1, 0.15) is 17.7 Å². The first-order valence-electron chi connectivity index (χ1n) is 16.1. The van der Waals surface area contributed by atoms with Crippen LogP contribution in [0, 0.1) is 5.92 Å². The van der Waals surface area contributed by atoms with Gasteiger partial charge in [-0.2, -0.15) is 11.8 Å². The average molecular weight is 637 g/mol. The number of likely N-dealkylation sites (tertiary alicyclic amines) is 2. The van der Waals surface area contributed by atoms with Gasteiger partial charge in [-0.25, -0.2) is 4.79 Å². The van der Waals surface area contributed by atoms with Gasteiger partial charge in [-0.3, -0.25) is 19.4 Å². The number of benzene rings is 1. The third-order valence-electron chi connectivity index (χ3n) is 8.61. The molecule has 2 heterocycles. The van der Waals surface area contributed by atoms with Crippen LogP contribution in [-0.2, 0) is 20.9 Å². The monoisotopic (exact) mass is 636 g/mol. The average Bonchev–Trinajstić information content (AvgIpc) is 2.98. The topological polar surface area (TPSA) is 91.0 Å². The molecular weight excluding hydrogens is 584 g/mol. The van der Waals surface area contributed by atoms with E-state index in [0.29, 0.717) is 24.6 Å². The van der Waals surface area contributed by atoms with Gasteiger partial charge in [-0.05, 0) is 83.0 Å². The summed E-state index contributed by atoms with van der Waals surface area (Å²) in [7, 11) is 0. The van der Waals surface area contributed by atoms with Gasteiger partial charge in [-0.1, -0.05) is 49.6 Å². The minimum atomic E-state index is -0.635. The Labute approximate surface area is 269 Å². The molecule has 3 fully saturated rings. The number of rotatable bonds is 10. The molecule has 1 aliphatic carbocycles. The molecule has 1 aromatic rings. The van der Waals surface area contributed by atoms with Crippen molar-refractivity contribution in [3.63, 3.8) is 0 Å². The van der Waals surface area contributed by atoms with Crippen molar-refractivity contribution in [2.75, 3.05) is 31.1 Å². The second kappa shape index (κ2) is 17.5. The number of hydrogen-bond acceptors (Lipinski definition) is 6. The highest BCUT2D eigenvalue weighted by Gasteiger charge is 2.37. The fraction of sp³-hybridized carbons (Fsp3) is 0.727. The first-order valence-corrected chi connectivity index (χ1v) is 17.3. The summed E-state index contributed by atoms with van der Waals surface area (Å²) in [6.45, 7) is 8.77. The predicted octanol–water partition coefficient (Wildman–Crippen LogP) is 5.78. The van der Waals surface area contributed by atoms with Crippen molar-refractivity contribution in [3.8, 4) is 0 Å². The molecule has 3 amide bonds. The van der Waals surface area contributed by atoms with Crippen molar-refractivity contribution in [2.24, 2.45) is 5.92 Å². The van der Waals surface area contributed by atoms with Gasteiger partial charge in [0, 0.05) is 38.0 Å². The third kappa shape index (κ3) is 11.8. The van der Waals surface area contributed by atoms with Crippen molar-refractivity contribution >= 4 is 42.1 Å². The summed E-state index contributed by atoms with van der Waals surface area (Å²) >= 11 is 1.77. The van der Waals surface area contributed by atoms with Crippen molar-refractivity contribution in [2.45, 2.75) is 115 Å². The van der Waals surface area contributed by atoms with E-state index in [0.717, 1.165) is 51.1 Å². The summed E-state index contributed by atoms with van der Waals surface area (Å²) in [5.41, 5.74) is 0.672. The van der Waals surface area contributed by atoms with E-state index in [1.54, 1.807) is 16.7 Å². The van der Waals surface area contributed by atoms with Crippen LogP contribution >= 0.6 is 24.2 Å². The molecule has 0 spiro atoms. The molecule has 0 bridgehead atoms. The Balaban J connectivity index is 0.00000506. The number of amides is 3. The van der Waals surface area contributed by atoms with Crippen LogP contribution in [0.25, 0.3) is 0 Å². The van der Waals surface area contributed by atoms with E-state index in [9.17, 15) is 14.4 Å². The molecular formula is C33H53ClN4O4S. The highest BCUT2D eigenvalue weighted by molar-refractivity contribution is 7.99. The van der Waals surface area contributed by atoms with Crippen molar-refractivity contribution in [3.05, 3.63) is 35.9 Å². The molecule has 0 aromatic heterocycles.